The van der Waals surface area contributed by atoms with Crippen LogP contribution < -0.4 is 10.1 Å². The Hall–Kier alpha value is -1.96. The predicted molar refractivity (Wildman–Crippen MR) is 88.7 cm³/mol. The molecule has 2 atom stereocenters. The van der Waals surface area contributed by atoms with E-state index in [2.05, 4.69) is 27.4 Å². The largest absolute Gasteiger partial charge is 0.497 e. The smallest absolute Gasteiger partial charge is 0.255 e. The van der Waals surface area contributed by atoms with E-state index in [4.69, 9.17) is 14.0 Å². The summed E-state index contributed by atoms with van der Waals surface area (Å²) in [6.07, 6.45) is -0.265. The van der Waals surface area contributed by atoms with Gasteiger partial charge in [-0.15, -0.1) is 0 Å². The molecule has 1 saturated heterocycles. The Bertz CT molecular complexity index is 661. The first kappa shape index (κ1) is 16.9. The van der Waals surface area contributed by atoms with Crippen LogP contribution in [-0.2, 0) is 11.3 Å². The number of piperazine rings is 1. The summed E-state index contributed by atoms with van der Waals surface area (Å²) in [5.74, 6) is 2.03. The maximum absolute atomic E-state index is 5.86. The van der Waals surface area contributed by atoms with Crippen LogP contribution >= 0.6 is 0 Å². The number of ether oxygens (including phenoxy) is 2. The van der Waals surface area contributed by atoms with Crippen LogP contribution in [-0.4, -0.2) is 48.8 Å². The summed E-state index contributed by atoms with van der Waals surface area (Å²) < 4.78 is 16.5. The predicted octanol–water partition coefficient (Wildman–Crippen LogP) is 1.93. The number of benzene rings is 1. The van der Waals surface area contributed by atoms with E-state index in [1.165, 1.54) is 0 Å². The zero-order valence-electron chi connectivity index (χ0n) is 14.4. The second kappa shape index (κ2) is 7.74. The van der Waals surface area contributed by atoms with Gasteiger partial charge in [-0.1, -0.05) is 17.3 Å². The summed E-state index contributed by atoms with van der Waals surface area (Å²) in [5, 5.41) is 7.48. The summed E-state index contributed by atoms with van der Waals surface area (Å²) >= 11 is 0. The van der Waals surface area contributed by atoms with Crippen LogP contribution in [0.25, 0.3) is 0 Å². The third-order valence-corrected chi connectivity index (χ3v) is 4.25. The first-order chi connectivity index (χ1) is 11.7. The number of nitrogens with one attached hydrogen (secondary N) is 1. The molecule has 1 aromatic carbocycles. The van der Waals surface area contributed by atoms with E-state index in [0.717, 1.165) is 30.9 Å². The quantitative estimate of drug-likeness (QED) is 0.866. The Morgan fingerprint density at radius 1 is 1.46 bits per heavy atom. The van der Waals surface area contributed by atoms with Crippen LogP contribution in [0.4, 0.5) is 0 Å². The summed E-state index contributed by atoms with van der Waals surface area (Å²) in [6, 6.07) is 7.94. The number of likely N-dealkylation sites (N-methyl/N-ethyl adjacent to an activating group) is 1. The molecule has 1 N–H and O–H groups in total. The number of hydrogen-bond donors (Lipinski definition) is 1. The van der Waals surface area contributed by atoms with Gasteiger partial charge in [-0.2, -0.15) is 4.98 Å². The van der Waals surface area contributed by atoms with Gasteiger partial charge in [0.25, 0.3) is 5.89 Å². The van der Waals surface area contributed by atoms with Crippen LogP contribution in [0.15, 0.2) is 28.8 Å². The molecule has 0 saturated carbocycles. The minimum Gasteiger partial charge on any atom is -0.497 e. The molecule has 0 bridgehead atoms. The van der Waals surface area contributed by atoms with Gasteiger partial charge in [-0.3, -0.25) is 4.90 Å². The lowest BCUT2D eigenvalue weighted by molar-refractivity contribution is 0.0307. The molecule has 0 spiro atoms. The molecule has 2 aromatic rings. The van der Waals surface area contributed by atoms with Gasteiger partial charge in [0.1, 0.15) is 11.9 Å². The van der Waals surface area contributed by atoms with Crippen molar-refractivity contribution in [2.75, 3.05) is 33.8 Å². The Labute approximate surface area is 141 Å². The standard InChI is InChI=1S/C17H24N4O3/c1-12(23-11-13-5-4-6-14(9-13)22-3)17-19-16(20-24-17)15-10-18-7-8-21(15)2/h4-6,9,12,15,18H,7-8,10-11H2,1-3H3. The molecule has 1 aliphatic rings. The molecular weight excluding hydrogens is 308 g/mol. The van der Waals surface area contributed by atoms with Crippen molar-refractivity contribution in [3.05, 3.63) is 41.5 Å². The fourth-order valence-electron chi connectivity index (χ4n) is 2.70. The zero-order chi connectivity index (χ0) is 16.9. The molecule has 1 fully saturated rings. The van der Waals surface area contributed by atoms with Crippen molar-refractivity contribution in [2.24, 2.45) is 0 Å². The molecule has 24 heavy (non-hydrogen) atoms. The topological polar surface area (TPSA) is 72.7 Å². The van der Waals surface area contributed by atoms with Gasteiger partial charge in [0.15, 0.2) is 5.82 Å². The Kier molecular flexibility index (Phi) is 5.44. The lowest BCUT2D eigenvalue weighted by atomic mass is 10.2. The van der Waals surface area contributed by atoms with E-state index in [9.17, 15) is 0 Å². The summed E-state index contributed by atoms with van der Waals surface area (Å²) in [5.41, 5.74) is 1.04. The molecule has 0 aliphatic carbocycles. The lowest BCUT2D eigenvalue weighted by Gasteiger charge is -2.30. The van der Waals surface area contributed by atoms with E-state index >= 15 is 0 Å². The second-order valence-electron chi connectivity index (χ2n) is 6.00. The second-order valence-corrected chi connectivity index (χ2v) is 6.00. The first-order valence-corrected chi connectivity index (χ1v) is 8.16. The number of methoxy groups -OCH3 is 1. The van der Waals surface area contributed by atoms with Gasteiger partial charge in [-0.25, -0.2) is 0 Å². The van der Waals surface area contributed by atoms with Gasteiger partial charge in [-0.05, 0) is 31.7 Å². The lowest BCUT2D eigenvalue weighted by Crippen LogP contribution is -2.44. The average Bonchev–Trinajstić information content (AvgIpc) is 3.10. The maximum atomic E-state index is 5.86. The van der Waals surface area contributed by atoms with Gasteiger partial charge in [0, 0.05) is 19.6 Å². The van der Waals surface area contributed by atoms with Crippen molar-refractivity contribution in [2.45, 2.75) is 25.7 Å². The Morgan fingerprint density at radius 3 is 3.12 bits per heavy atom. The van der Waals surface area contributed by atoms with Crippen LogP contribution in [0.2, 0.25) is 0 Å². The normalized spacial score (nSPS) is 20.0. The van der Waals surface area contributed by atoms with Crippen molar-refractivity contribution >= 4 is 0 Å². The van der Waals surface area contributed by atoms with E-state index in [1.807, 2.05) is 31.2 Å². The van der Waals surface area contributed by atoms with Crippen LogP contribution in [0.5, 0.6) is 5.75 Å². The molecule has 130 valence electrons. The highest BCUT2D eigenvalue weighted by molar-refractivity contribution is 5.27. The van der Waals surface area contributed by atoms with Crippen LogP contribution in [0, 0.1) is 0 Å². The van der Waals surface area contributed by atoms with Gasteiger partial charge >= 0.3 is 0 Å². The highest BCUT2D eigenvalue weighted by Crippen LogP contribution is 2.22. The molecule has 3 rings (SSSR count). The van der Waals surface area contributed by atoms with Crippen LogP contribution in [0.1, 0.15) is 36.3 Å². The highest BCUT2D eigenvalue weighted by Gasteiger charge is 2.26. The van der Waals surface area contributed by atoms with Crippen molar-refractivity contribution in [1.29, 1.82) is 0 Å². The zero-order valence-corrected chi connectivity index (χ0v) is 14.4. The van der Waals surface area contributed by atoms with E-state index in [0.29, 0.717) is 18.3 Å². The summed E-state index contributed by atoms with van der Waals surface area (Å²) in [7, 11) is 3.73. The Morgan fingerprint density at radius 2 is 2.33 bits per heavy atom. The molecule has 1 aromatic heterocycles. The first-order valence-electron chi connectivity index (χ1n) is 8.16. The SMILES string of the molecule is COc1cccc(COC(C)c2nc(C3CNCCN3C)no2)c1. The number of rotatable bonds is 6. The molecule has 7 heteroatoms. The third-order valence-electron chi connectivity index (χ3n) is 4.25. The van der Waals surface area contributed by atoms with E-state index in [-0.39, 0.29) is 12.1 Å². The third kappa shape index (κ3) is 3.92. The molecule has 7 nitrogen and oxygen atoms in total. The molecule has 2 heterocycles. The molecular formula is C17H24N4O3. The summed E-state index contributed by atoms with van der Waals surface area (Å²) in [6.45, 7) is 5.16. The van der Waals surface area contributed by atoms with Crippen molar-refractivity contribution in [3.8, 4) is 5.75 Å². The number of hydrogen-bond acceptors (Lipinski definition) is 7. The van der Waals surface area contributed by atoms with Crippen molar-refractivity contribution < 1.29 is 14.0 Å². The summed E-state index contributed by atoms with van der Waals surface area (Å²) in [4.78, 5) is 6.75. The molecule has 1 aliphatic heterocycles. The molecule has 0 amide bonds. The number of aromatic nitrogens is 2. The van der Waals surface area contributed by atoms with Gasteiger partial charge < -0.3 is 19.3 Å². The number of nitrogens with zero attached hydrogens (tertiary/aromatic N) is 3. The maximum Gasteiger partial charge on any atom is 0.255 e. The fourth-order valence-corrected chi connectivity index (χ4v) is 2.70. The van der Waals surface area contributed by atoms with Gasteiger partial charge in [0.05, 0.1) is 19.8 Å². The van der Waals surface area contributed by atoms with Gasteiger partial charge in [0.2, 0.25) is 0 Å². The highest BCUT2D eigenvalue weighted by atomic mass is 16.5. The fraction of sp³-hybridized carbons (Fsp3) is 0.529. The molecule has 2 unspecified atom stereocenters. The Balaban J connectivity index is 1.60. The minimum absolute atomic E-state index is 0.141. The minimum atomic E-state index is -0.265. The van der Waals surface area contributed by atoms with Crippen LogP contribution in [0.3, 0.4) is 0 Å². The van der Waals surface area contributed by atoms with Crippen molar-refractivity contribution in [1.82, 2.24) is 20.4 Å². The van der Waals surface area contributed by atoms with Crippen molar-refractivity contribution in [3.63, 3.8) is 0 Å². The van der Waals surface area contributed by atoms with E-state index < -0.39 is 0 Å². The van der Waals surface area contributed by atoms with E-state index in [1.54, 1.807) is 7.11 Å². The molecule has 0 radical (unpaired) electrons. The average molecular weight is 332 g/mol. The monoisotopic (exact) mass is 332 g/mol.